The van der Waals surface area contributed by atoms with Crippen LogP contribution in [0, 0.1) is 0 Å². The van der Waals surface area contributed by atoms with Crippen LogP contribution in [0.2, 0.25) is 0 Å². The summed E-state index contributed by atoms with van der Waals surface area (Å²) >= 11 is 0. The summed E-state index contributed by atoms with van der Waals surface area (Å²) in [7, 11) is 0. The van der Waals surface area contributed by atoms with Gasteiger partial charge in [0.1, 0.15) is 33.5 Å². The molecule has 6 nitrogen and oxygen atoms in total. The third-order valence-electron chi connectivity index (χ3n) is 9.76. The normalized spacial score (nSPS) is 11.9. The Bertz CT molecular complexity index is 3150. The predicted molar refractivity (Wildman–Crippen MR) is 203 cm³/mol. The number of para-hydroxylation sites is 3. The molecule has 0 N–H and O–H groups in total. The van der Waals surface area contributed by atoms with Crippen molar-refractivity contribution in [2.75, 3.05) is 0 Å². The fraction of sp³-hybridized carbons (Fsp3) is 0. The van der Waals surface area contributed by atoms with Crippen molar-refractivity contribution in [3.63, 3.8) is 0 Å². The Morgan fingerprint density at radius 1 is 0.314 bits per heavy atom. The van der Waals surface area contributed by atoms with Crippen LogP contribution in [0.4, 0.5) is 0 Å². The van der Waals surface area contributed by atoms with E-state index in [1.165, 1.54) is 0 Å². The molecule has 0 aliphatic heterocycles. The minimum Gasteiger partial charge on any atom is -0.456 e. The van der Waals surface area contributed by atoms with Gasteiger partial charge >= 0.3 is 0 Å². The molecule has 0 amide bonds. The zero-order valence-corrected chi connectivity index (χ0v) is 27.0. The number of aromatic nitrogens is 3. The van der Waals surface area contributed by atoms with Gasteiger partial charge in [0.2, 0.25) is 0 Å². The summed E-state index contributed by atoms with van der Waals surface area (Å²) in [6.45, 7) is 0. The third-order valence-corrected chi connectivity index (χ3v) is 9.76. The van der Waals surface area contributed by atoms with Crippen molar-refractivity contribution in [3.8, 4) is 45.3 Å². The van der Waals surface area contributed by atoms with E-state index in [9.17, 15) is 0 Å². The molecular weight excluding hydrogens is 631 g/mol. The highest BCUT2D eigenvalue weighted by molar-refractivity contribution is 6.16. The molecule has 7 aromatic carbocycles. The van der Waals surface area contributed by atoms with E-state index in [4.69, 9.17) is 28.2 Å². The molecule has 0 unspecified atom stereocenters. The summed E-state index contributed by atoms with van der Waals surface area (Å²) in [4.78, 5) is 15.3. The van der Waals surface area contributed by atoms with E-state index in [-0.39, 0.29) is 0 Å². The average Bonchev–Trinajstić information content (AvgIpc) is 3.89. The maximum absolute atomic E-state index is 6.72. The van der Waals surface area contributed by atoms with Crippen molar-refractivity contribution in [2.24, 2.45) is 0 Å². The minimum absolute atomic E-state index is 0.529. The van der Waals surface area contributed by atoms with Gasteiger partial charge in [-0.1, -0.05) is 109 Å². The number of benzene rings is 7. The molecule has 0 aliphatic rings. The van der Waals surface area contributed by atoms with Crippen LogP contribution in [0.25, 0.3) is 111 Å². The fourth-order valence-electron chi connectivity index (χ4n) is 7.45. The van der Waals surface area contributed by atoms with Crippen molar-refractivity contribution < 1.29 is 13.3 Å². The number of hydrogen-bond donors (Lipinski definition) is 0. The van der Waals surface area contributed by atoms with Crippen LogP contribution in [0.15, 0.2) is 165 Å². The second kappa shape index (κ2) is 10.7. The number of furan rings is 3. The highest BCUT2D eigenvalue weighted by Gasteiger charge is 2.21. The van der Waals surface area contributed by atoms with Gasteiger partial charge < -0.3 is 13.3 Å². The molecule has 11 aromatic rings. The van der Waals surface area contributed by atoms with E-state index < -0.39 is 0 Å². The predicted octanol–water partition coefficient (Wildman–Crippen LogP) is 12.2. The molecule has 0 fully saturated rings. The second-order valence-electron chi connectivity index (χ2n) is 12.7. The number of hydrogen-bond acceptors (Lipinski definition) is 6. The molecule has 0 radical (unpaired) electrons. The zero-order chi connectivity index (χ0) is 33.5. The van der Waals surface area contributed by atoms with Crippen molar-refractivity contribution in [1.29, 1.82) is 0 Å². The van der Waals surface area contributed by atoms with Crippen LogP contribution in [0.5, 0.6) is 0 Å². The molecule has 0 aliphatic carbocycles. The van der Waals surface area contributed by atoms with Gasteiger partial charge in [0.05, 0.1) is 5.56 Å². The van der Waals surface area contributed by atoms with E-state index in [1.807, 2.05) is 109 Å². The highest BCUT2D eigenvalue weighted by Crippen LogP contribution is 2.42. The van der Waals surface area contributed by atoms with E-state index in [0.29, 0.717) is 17.5 Å². The van der Waals surface area contributed by atoms with Crippen molar-refractivity contribution in [3.05, 3.63) is 152 Å². The molecular formula is C45H25N3O3. The summed E-state index contributed by atoms with van der Waals surface area (Å²) in [5.74, 6) is 1.67. The molecule has 0 atom stereocenters. The first-order valence-electron chi connectivity index (χ1n) is 16.9. The lowest BCUT2D eigenvalue weighted by Crippen LogP contribution is -2.00. The Morgan fingerprint density at radius 2 is 0.863 bits per heavy atom. The first-order chi connectivity index (χ1) is 25.3. The fourth-order valence-corrected chi connectivity index (χ4v) is 7.45. The van der Waals surface area contributed by atoms with Gasteiger partial charge in [0, 0.05) is 43.4 Å². The van der Waals surface area contributed by atoms with Gasteiger partial charge in [-0.15, -0.1) is 0 Å². The lowest BCUT2D eigenvalue weighted by molar-refractivity contribution is 0.668. The van der Waals surface area contributed by atoms with Gasteiger partial charge in [-0.25, -0.2) is 15.0 Å². The van der Waals surface area contributed by atoms with Crippen LogP contribution < -0.4 is 0 Å². The summed E-state index contributed by atoms with van der Waals surface area (Å²) in [6, 6.07) is 51.0. The van der Waals surface area contributed by atoms with Crippen molar-refractivity contribution in [2.45, 2.75) is 0 Å². The van der Waals surface area contributed by atoms with Gasteiger partial charge in [0.15, 0.2) is 17.5 Å². The lowest BCUT2D eigenvalue weighted by atomic mass is 9.97. The summed E-state index contributed by atoms with van der Waals surface area (Å²) in [5.41, 5.74) is 9.58. The first-order valence-corrected chi connectivity index (χ1v) is 16.9. The van der Waals surface area contributed by atoms with Crippen LogP contribution >= 0.6 is 0 Å². The van der Waals surface area contributed by atoms with E-state index in [2.05, 4.69) is 42.5 Å². The van der Waals surface area contributed by atoms with Gasteiger partial charge in [-0.2, -0.15) is 0 Å². The van der Waals surface area contributed by atoms with Gasteiger partial charge in [0.25, 0.3) is 0 Å². The monoisotopic (exact) mass is 655 g/mol. The van der Waals surface area contributed by atoms with Crippen molar-refractivity contribution >= 4 is 65.8 Å². The molecule has 6 heteroatoms. The summed E-state index contributed by atoms with van der Waals surface area (Å²) in [5, 5.41) is 6.19. The number of nitrogens with zero attached hydrogens (tertiary/aromatic N) is 3. The molecule has 51 heavy (non-hydrogen) atoms. The lowest BCUT2D eigenvalue weighted by Gasteiger charge is -2.09. The van der Waals surface area contributed by atoms with E-state index in [1.54, 1.807) is 0 Å². The van der Waals surface area contributed by atoms with E-state index in [0.717, 1.165) is 93.6 Å². The topological polar surface area (TPSA) is 78.1 Å². The zero-order valence-electron chi connectivity index (χ0n) is 27.0. The number of rotatable bonds is 4. The second-order valence-corrected chi connectivity index (χ2v) is 12.7. The largest absolute Gasteiger partial charge is 0.456 e. The first kappa shape index (κ1) is 27.9. The Balaban J connectivity index is 1.14. The van der Waals surface area contributed by atoms with Crippen LogP contribution in [0.1, 0.15) is 0 Å². The minimum atomic E-state index is 0.529. The Labute approximate surface area is 290 Å². The summed E-state index contributed by atoms with van der Waals surface area (Å²) in [6.07, 6.45) is 0. The third kappa shape index (κ3) is 4.26. The van der Waals surface area contributed by atoms with Crippen LogP contribution in [-0.2, 0) is 0 Å². The Kier molecular flexibility index (Phi) is 5.86. The highest BCUT2D eigenvalue weighted by atomic mass is 16.3. The molecule has 0 spiro atoms. The SMILES string of the molecule is c1ccc(-c2nc(-c3cccc4c3oc3cccc(-c5ccc6oc7ccccc7c6c5)c34)nc(-c3cccc4oc5ccccc5c34)n2)cc1. The quantitative estimate of drug-likeness (QED) is 0.188. The van der Waals surface area contributed by atoms with Crippen LogP contribution in [0.3, 0.4) is 0 Å². The number of fused-ring (bicyclic) bond motifs is 9. The molecule has 0 saturated carbocycles. The standard InChI is InChI=1S/C45H25N3O3/c1-2-11-26(12-3-1)43-46-44(32-17-10-21-38-41(32)30-14-5-7-20-36(30)50-38)48-45(47-43)33-18-8-16-31-40-28(15-9-22-39(40)51-42(31)33)27-23-24-37-34(25-27)29-13-4-6-19-35(29)49-37/h1-25H. The maximum Gasteiger partial charge on any atom is 0.167 e. The van der Waals surface area contributed by atoms with Gasteiger partial charge in [-0.3, -0.25) is 0 Å². The molecule has 0 saturated heterocycles. The van der Waals surface area contributed by atoms with E-state index >= 15 is 0 Å². The molecule has 4 aromatic heterocycles. The van der Waals surface area contributed by atoms with Crippen molar-refractivity contribution in [1.82, 2.24) is 15.0 Å². The Morgan fingerprint density at radius 3 is 1.71 bits per heavy atom. The molecule has 0 bridgehead atoms. The smallest absolute Gasteiger partial charge is 0.167 e. The summed E-state index contributed by atoms with van der Waals surface area (Å²) < 4.78 is 19.1. The maximum atomic E-state index is 6.72. The average molecular weight is 656 g/mol. The van der Waals surface area contributed by atoms with Crippen LogP contribution in [-0.4, -0.2) is 15.0 Å². The molecule has 238 valence electrons. The Hall–Kier alpha value is -7.05. The molecule has 4 heterocycles. The van der Waals surface area contributed by atoms with Gasteiger partial charge in [-0.05, 0) is 53.6 Å². The molecule has 11 rings (SSSR count).